The Morgan fingerprint density at radius 2 is 2.43 bits per heavy atom. The monoisotopic (exact) mass is 215 g/mol. The van der Waals surface area contributed by atoms with Crippen LogP contribution in [0.1, 0.15) is 6.42 Å². The van der Waals surface area contributed by atoms with E-state index < -0.39 is 9.84 Å². The van der Waals surface area contributed by atoms with Crippen LogP contribution in [0.25, 0.3) is 0 Å². The maximum absolute atomic E-state index is 11.2. The van der Waals surface area contributed by atoms with Gasteiger partial charge in [0.1, 0.15) is 0 Å². The summed E-state index contributed by atoms with van der Waals surface area (Å²) in [5.74, 6) is 1.24. The van der Waals surface area contributed by atoms with Crippen molar-refractivity contribution in [2.75, 3.05) is 16.8 Å². The van der Waals surface area contributed by atoms with Crippen molar-refractivity contribution in [3.8, 4) is 0 Å². The molecule has 0 bridgehead atoms. The van der Waals surface area contributed by atoms with Crippen LogP contribution >= 0.6 is 0 Å². The molecule has 0 amide bonds. The SMILES string of the molecule is Cn1ccnc1NC1CCS(=O)(=O)C1. The van der Waals surface area contributed by atoms with Crippen molar-refractivity contribution in [2.45, 2.75) is 12.5 Å². The van der Waals surface area contributed by atoms with Crippen molar-refractivity contribution in [1.82, 2.24) is 9.55 Å². The van der Waals surface area contributed by atoms with Crippen LogP contribution in [0.5, 0.6) is 0 Å². The van der Waals surface area contributed by atoms with E-state index in [4.69, 9.17) is 0 Å². The van der Waals surface area contributed by atoms with Crippen LogP contribution in [0.2, 0.25) is 0 Å². The number of nitrogens with one attached hydrogen (secondary N) is 1. The van der Waals surface area contributed by atoms with E-state index in [9.17, 15) is 8.42 Å². The van der Waals surface area contributed by atoms with Gasteiger partial charge < -0.3 is 9.88 Å². The Labute approximate surface area is 83.1 Å². The largest absolute Gasteiger partial charge is 0.352 e. The van der Waals surface area contributed by atoms with Gasteiger partial charge in [0, 0.05) is 25.5 Å². The first-order chi connectivity index (χ1) is 6.57. The van der Waals surface area contributed by atoms with Crippen LogP contribution in [0.15, 0.2) is 12.4 Å². The van der Waals surface area contributed by atoms with Gasteiger partial charge >= 0.3 is 0 Å². The summed E-state index contributed by atoms with van der Waals surface area (Å²) >= 11 is 0. The molecule has 1 unspecified atom stereocenters. The number of aromatic nitrogens is 2. The first kappa shape index (κ1) is 9.51. The smallest absolute Gasteiger partial charge is 0.202 e. The number of imidazole rings is 1. The Morgan fingerprint density at radius 3 is 2.93 bits per heavy atom. The molecule has 1 aromatic heterocycles. The zero-order chi connectivity index (χ0) is 10.2. The number of sulfone groups is 1. The van der Waals surface area contributed by atoms with Crippen molar-refractivity contribution >= 4 is 15.8 Å². The highest BCUT2D eigenvalue weighted by Crippen LogP contribution is 2.15. The maximum Gasteiger partial charge on any atom is 0.202 e. The molecule has 0 saturated carbocycles. The molecule has 1 aromatic rings. The summed E-state index contributed by atoms with van der Waals surface area (Å²) in [6, 6.07) is 0.0149. The molecule has 78 valence electrons. The molecular weight excluding hydrogens is 202 g/mol. The molecule has 1 aliphatic rings. The Bertz CT molecular complexity index is 424. The van der Waals surface area contributed by atoms with Crippen molar-refractivity contribution in [3.05, 3.63) is 12.4 Å². The fourth-order valence-electron chi connectivity index (χ4n) is 1.60. The van der Waals surface area contributed by atoms with Gasteiger partial charge in [-0.15, -0.1) is 0 Å². The molecule has 2 rings (SSSR count). The Hall–Kier alpha value is -1.04. The third kappa shape index (κ3) is 1.89. The second kappa shape index (κ2) is 3.27. The van der Waals surface area contributed by atoms with Crippen LogP contribution in [0.4, 0.5) is 5.95 Å². The number of rotatable bonds is 2. The van der Waals surface area contributed by atoms with Crippen molar-refractivity contribution in [3.63, 3.8) is 0 Å². The number of hydrogen-bond acceptors (Lipinski definition) is 4. The highest BCUT2D eigenvalue weighted by molar-refractivity contribution is 7.91. The van der Waals surface area contributed by atoms with E-state index in [1.807, 2.05) is 17.8 Å². The third-order valence-corrected chi connectivity index (χ3v) is 4.15. The molecule has 0 spiro atoms. The Balaban J connectivity index is 2.04. The number of anilines is 1. The molecule has 1 saturated heterocycles. The highest BCUT2D eigenvalue weighted by atomic mass is 32.2. The van der Waals surface area contributed by atoms with Gasteiger partial charge in [0.25, 0.3) is 0 Å². The zero-order valence-electron chi connectivity index (χ0n) is 7.97. The summed E-state index contributed by atoms with van der Waals surface area (Å²) in [4.78, 5) is 4.08. The van der Waals surface area contributed by atoms with Gasteiger partial charge in [-0.05, 0) is 6.42 Å². The van der Waals surface area contributed by atoms with E-state index in [1.54, 1.807) is 6.20 Å². The molecule has 0 aromatic carbocycles. The lowest BCUT2D eigenvalue weighted by molar-refractivity contribution is 0.602. The molecule has 2 heterocycles. The van der Waals surface area contributed by atoms with Gasteiger partial charge in [0.2, 0.25) is 5.95 Å². The summed E-state index contributed by atoms with van der Waals surface area (Å²) in [6.07, 6.45) is 4.19. The maximum atomic E-state index is 11.2. The standard InChI is InChI=1S/C8H13N3O2S/c1-11-4-3-9-8(11)10-7-2-5-14(12,13)6-7/h3-4,7H,2,5-6H2,1H3,(H,9,10). The second-order valence-electron chi connectivity index (χ2n) is 3.61. The summed E-state index contributed by atoms with van der Waals surface area (Å²) in [5, 5.41) is 3.12. The van der Waals surface area contributed by atoms with E-state index in [1.165, 1.54) is 0 Å². The predicted molar refractivity (Wildman–Crippen MR) is 53.9 cm³/mol. The summed E-state index contributed by atoms with van der Waals surface area (Å²) < 4.78 is 24.2. The lowest BCUT2D eigenvalue weighted by atomic mass is 10.3. The van der Waals surface area contributed by atoms with E-state index in [2.05, 4.69) is 10.3 Å². The van der Waals surface area contributed by atoms with E-state index in [0.29, 0.717) is 6.42 Å². The molecule has 6 heteroatoms. The lowest BCUT2D eigenvalue weighted by Crippen LogP contribution is -2.22. The van der Waals surface area contributed by atoms with Crippen LogP contribution in [-0.4, -0.2) is 35.5 Å². The van der Waals surface area contributed by atoms with E-state index in [0.717, 1.165) is 5.95 Å². The summed E-state index contributed by atoms with van der Waals surface area (Å²) in [6.45, 7) is 0. The molecule has 1 N–H and O–H groups in total. The van der Waals surface area contributed by atoms with Gasteiger partial charge in [0.05, 0.1) is 11.5 Å². The van der Waals surface area contributed by atoms with Gasteiger partial charge in [-0.25, -0.2) is 13.4 Å². The topological polar surface area (TPSA) is 64.0 Å². The van der Waals surface area contributed by atoms with Gasteiger partial charge in [-0.3, -0.25) is 0 Å². The minimum absolute atomic E-state index is 0.0149. The zero-order valence-corrected chi connectivity index (χ0v) is 8.79. The molecular formula is C8H13N3O2S. The van der Waals surface area contributed by atoms with Crippen molar-refractivity contribution in [1.29, 1.82) is 0 Å². The summed E-state index contributed by atoms with van der Waals surface area (Å²) in [5.41, 5.74) is 0. The molecule has 1 fully saturated rings. The van der Waals surface area contributed by atoms with Crippen LogP contribution in [0.3, 0.4) is 0 Å². The second-order valence-corrected chi connectivity index (χ2v) is 5.83. The number of aryl methyl sites for hydroxylation is 1. The minimum atomic E-state index is -2.81. The average Bonchev–Trinajstić information content (AvgIpc) is 2.61. The Kier molecular flexibility index (Phi) is 2.22. The van der Waals surface area contributed by atoms with Crippen LogP contribution < -0.4 is 5.32 Å². The lowest BCUT2D eigenvalue weighted by Gasteiger charge is -2.10. The third-order valence-electron chi connectivity index (χ3n) is 2.39. The fraction of sp³-hybridized carbons (Fsp3) is 0.625. The number of hydrogen-bond donors (Lipinski definition) is 1. The van der Waals surface area contributed by atoms with Crippen LogP contribution in [-0.2, 0) is 16.9 Å². The molecule has 0 radical (unpaired) electrons. The van der Waals surface area contributed by atoms with Gasteiger partial charge in [-0.2, -0.15) is 0 Å². The van der Waals surface area contributed by atoms with E-state index >= 15 is 0 Å². The predicted octanol–water partition coefficient (Wildman–Crippen LogP) is 0.0191. The fourth-order valence-corrected chi connectivity index (χ4v) is 3.27. The Morgan fingerprint density at radius 1 is 1.64 bits per heavy atom. The van der Waals surface area contributed by atoms with Crippen molar-refractivity contribution < 1.29 is 8.42 Å². The molecule has 1 atom stereocenters. The highest BCUT2D eigenvalue weighted by Gasteiger charge is 2.28. The quantitative estimate of drug-likeness (QED) is 0.755. The summed E-state index contributed by atoms with van der Waals surface area (Å²) in [7, 11) is -0.937. The first-order valence-electron chi connectivity index (χ1n) is 4.51. The minimum Gasteiger partial charge on any atom is -0.352 e. The van der Waals surface area contributed by atoms with Crippen molar-refractivity contribution in [2.24, 2.45) is 7.05 Å². The molecule has 1 aliphatic heterocycles. The van der Waals surface area contributed by atoms with Gasteiger partial charge in [-0.1, -0.05) is 0 Å². The number of nitrogens with zero attached hydrogens (tertiary/aromatic N) is 2. The van der Waals surface area contributed by atoms with Gasteiger partial charge in [0.15, 0.2) is 9.84 Å². The average molecular weight is 215 g/mol. The van der Waals surface area contributed by atoms with E-state index in [-0.39, 0.29) is 17.5 Å². The van der Waals surface area contributed by atoms with Crippen LogP contribution in [0, 0.1) is 0 Å². The molecule has 14 heavy (non-hydrogen) atoms. The molecule has 0 aliphatic carbocycles. The normalized spacial score (nSPS) is 25.1. The molecule has 5 nitrogen and oxygen atoms in total. The first-order valence-corrected chi connectivity index (χ1v) is 6.33.